The minimum Gasteiger partial charge on any atom is -0.493 e. The second-order valence-corrected chi connectivity index (χ2v) is 8.86. The monoisotopic (exact) mass is 456 g/mol. The molecule has 0 unspecified atom stereocenters. The van der Waals surface area contributed by atoms with Crippen LogP contribution in [0.3, 0.4) is 0 Å². The molecular weight excluding hydrogens is 432 g/mol. The second kappa shape index (κ2) is 8.74. The van der Waals surface area contributed by atoms with Gasteiger partial charge in [-0.1, -0.05) is 30.0 Å². The van der Waals surface area contributed by atoms with Gasteiger partial charge >= 0.3 is 5.97 Å². The molecule has 9 heteroatoms. The Hall–Kier alpha value is -3.20. The number of carbonyl (C=O) groups is 3. The molecule has 2 aliphatic heterocycles. The van der Waals surface area contributed by atoms with Crippen LogP contribution in [-0.2, 0) is 25.7 Å². The van der Waals surface area contributed by atoms with Gasteiger partial charge in [0.25, 0.3) is 5.91 Å². The van der Waals surface area contributed by atoms with Crippen molar-refractivity contribution < 1.29 is 28.6 Å². The third kappa shape index (κ3) is 3.77. The zero-order chi connectivity index (χ0) is 22.9. The van der Waals surface area contributed by atoms with Crippen LogP contribution in [0.5, 0.6) is 11.5 Å². The lowest BCUT2D eigenvalue weighted by Crippen LogP contribution is -2.50. The van der Waals surface area contributed by atoms with Gasteiger partial charge in [0.2, 0.25) is 5.91 Å². The highest BCUT2D eigenvalue weighted by atomic mass is 32.2. The molecule has 1 N–H and O–H groups in total. The number of ether oxygens (including phenoxy) is 3. The molecule has 0 radical (unpaired) electrons. The molecule has 8 nitrogen and oxygen atoms in total. The summed E-state index contributed by atoms with van der Waals surface area (Å²) < 4.78 is 16.0. The van der Waals surface area contributed by atoms with Crippen molar-refractivity contribution in [3.63, 3.8) is 0 Å². The van der Waals surface area contributed by atoms with Gasteiger partial charge in [0.1, 0.15) is 0 Å². The molecule has 2 aromatic carbocycles. The highest BCUT2D eigenvalue weighted by molar-refractivity contribution is 8.02. The molecule has 0 bridgehead atoms. The van der Waals surface area contributed by atoms with E-state index in [0.717, 1.165) is 10.5 Å². The first kappa shape index (κ1) is 22.0. The van der Waals surface area contributed by atoms with E-state index in [0.29, 0.717) is 23.6 Å². The highest BCUT2D eigenvalue weighted by Gasteiger charge is 2.58. The summed E-state index contributed by atoms with van der Waals surface area (Å²) in [5, 5.41) is 2.77. The first-order valence-corrected chi connectivity index (χ1v) is 11.0. The minimum absolute atomic E-state index is 0.120. The lowest BCUT2D eigenvalue weighted by atomic mass is 10.2. The third-order valence-electron chi connectivity index (χ3n) is 5.56. The normalized spacial score (nSPS) is 19.7. The predicted molar refractivity (Wildman–Crippen MR) is 119 cm³/mol. The Labute approximate surface area is 190 Å². The number of carbonyl (C=O) groups excluding carboxylic acids is 3. The number of anilines is 1. The lowest BCUT2D eigenvalue weighted by molar-refractivity contribution is -0.157. The van der Waals surface area contributed by atoms with Crippen molar-refractivity contribution in [1.82, 2.24) is 5.32 Å². The van der Waals surface area contributed by atoms with E-state index >= 15 is 0 Å². The van der Waals surface area contributed by atoms with E-state index in [9.17, 15) is 14.4 Å². The van der Waals surface area contributed by atoms with Crippen molar-refractivity contribution in [3.05, 3.63) is 48.0 Å². The topological polar surface area (TPSA) is 94.2 Å². The van der Waals surface area contributed by atoms with Crippen molar-refractivity contribution in [3.8, 4) is 11.5 Å². The Morgan fingerprint density at radius 2 is 1.91 bits per heavy atom. The van der Waals surface area contributed by atoms with E-state index in [1.807, 2.05) is 30.3 Å². The van der Waals surface area contributed by atoms with E-state index in [1.165, 1.54) is 30.7 Å². The van der Waals surface area contributed by atoms with Gasteiger partial charge in [0, 0.05) is 24.3 Å². The molecule has 0 aliphatic carbocycles. The van der Waals surface area contributed by atoms with Crippen LogP contribution in [0, 0.1) is 0 Å². The summed E-state index contributed by atoms with van der Waals surface area (Å²) in [7, 11) is 3.09. The molecule has 2 heterocycles. The van der Waals surface area contributed by atoms with Gasteiger partial charge in [-0.3, -0.25) is 14.5 Å². The molecule has 0 aromatic heterocycles. The SMILES string of the molecule is COc1ccc(CNC(=O)[C@@H](C)OC(=O)[C@@]23CCC(=O)N2c2ccccc2S3)cc1OC. The van der Waals surface area contributed by atoms with E-state index in [-0.39, 0.29) is 18.9 Å². The second-order valence-electron chi connectivity index (χ2n) is 7.54. The lowest BCUT2D eigenvalue weighted by Gasteiger charge is -2.29. The highest BCUT2D eigenvalue weighted by Crippen LogP contribution is 2.56. The number of hydrogen-bond acceptors (Lipinski definition) is 7. The maximum atomic E-state index is 13.2. The van der Waals surface area contributed by atoms with Crippen LogP contribution in [-0.4, -0.2) is 43.0 Å². The van der Waals surface area contributed by atoms with Crippen LogP contribution in [0.15, 0.2) is 47.4 Å². The van der Waals surface area contributed by atoms with Gasteiger partial charge in [-0.05, 0) is 36.8 Å². The number of methoxy groups -OCH3 is 2. The Balaban J connectivity index is 1.41. The predicted octanol–water partition coefficient (Wildman–Crippen LogP) is 2.88. The molecular formula is C23H24N2O6S. The zero-order valence-corrected chi connectivity index (χ0v) is 18.9. The number of para-hydroxylation sites is 1. The number of esters is 1. The zero-order valence-electron chi connectivity index (χ0n) is 18.0. The number of nitrogens with zero attached hydrogens (tertiary/aromatic N) is 1. The summed E-state index contributed by atoms with van der Waals surface area (Å²) in [4.78, 5) is 39.5. The average Bonchev–Trinajstić information content (AvgIpc) is 3.32. The van der Waals surface area contributed by atoms with Crippen molar-refractivity contribution in [2.24, 2.45) is 0 Å². The van der Waals surface area contributed by atoms with Crippen molar-refractivity contribution in [2.75, 3.05) is 19.1 Å². The van der Waals surface area contributed by atoms with E-state index in [2.05, 4.69) is 5.32 Å². The summed E-state index contributed by atoms with van der Waals surface area (Å²) >= 11 is 1.31. The first-order chi connectivity index (χ1) is 15.4. The molecule has 2 atom stereocenters. The molecule has 4 rings (SSSR count). The van der Waals surface area contributed by atoms with E-state index in [1.54, 1.807) is 19.2 Å². The van der Waals surface area contributed by atoms with Gasteiger partial charge in [-0.2, -0.15) is 0 Å². The van der Waals surface area contributed by atoms with Crippen LogP contribution in [0.4, 0.5) is 5.69 Å². The Morgan fingerprint density at radius 1 is 1.16 bits per heavy atom. The standard InChI is InChI=1S/C23H24N2O6S/c1-14(21(27)24-13-15-8-9-17(29-2)18(12-15)30-3)31-22(28)23-11-10-20(26)25(23)16-6-4-5-7-19(16)32-23/h4-9,12,14H,10-11,13H2,1-3H3,(H,24,27)/t14-,23+/m1/s1. The van der Waals surface area contributed by atoms with Crippen LogP contribution in [0.2, 0.25) is 0 Å². The number of fused-ring (bicyclic) bond motifs is 3. The fourth-order valence-corrected chi connectivity index (χ4v) is 5.30. The van der Waals surface area contributed by atoms with Gasteiger partial charge in [0.05, 0.1) is 19.9 Å². The van der Waals surface area contributed by atoms with Crippen LogP contribution in [0.25, 0.3) is 0 Å². The Morgan fingerprint density at radius 3 is 2.66 bits per heavy atom. The fourth-order valence-electron chi connectivity index (χ4n) is 3.90. The minimum atomic E-state index is -1.15. The fraction of sp³-hybridized carbons (Fsp3) is 0.348. The molecule has 2 aliphatic rings. The molecule has 1 saturated heterocycles. The maximum absolute atomic E-state index is 13.2. The average molecular weight is 457 g/mol. The number of amides is 2. The smallest absolute Gasteiger partial charge is 0.344 e. The number of hydrogen-bond donors (Lipinski definition) is 1. The number of thioether (sulfide) groups is 1. The first-order valence-electron chi connectivity index (χ1n) is 10.2. The number of nitrogens with one attached hydrogen (secondary N) is 1. The van der Waals surface area contributed by atoms with E-state index < -0.39 is 22.9 Å². The Kier molecular flexibility index (Phi) is 6.01. The van der Waals surface area contributed by atoms with Crippen LogP contribution < -0.4 is 19.7 Å². The largest absolute Gasteiger partial charge is 0.493 e. The molecule has 2 aromatic rings. The summed E-state index contributed by atoms with van der Waals surface area (Å²) in [6.07, 6.45) is -0.417. The number of benzene rings is 2. The van der Waals surface area contributed by atoms with Crippen molar-refractivity contribution in [2.45, 2.75) is 42.2 Å². The van der Waals surface area contributed by atoms with Crippen LogP contribution >= 0.6 is 11.8 Å². The molecule has 1 fully saturated rings. The summed E-state index contributed by atoms with van der Waals surface area (Å²) in [5.41, 5.74) is 1.52. The van der Waals surface area contributed by atoms with Gasteiger partial charge in [-0.25, -0.2) is 4.79 Å². The maximum Gasteiger partial charge on any atom is 0.344 e. The third-order valence-corrected chi connectivity index (χ3v) is 7.02. The quantitative estimate of drug-likeness (QED) is 0.640. The van der Waals surface area contributed by atoms with E-state index in [4.69, 9.17) is 14.2 Å². The summed E-state index contributed by atoms with van der Waals surface area (Å²) in [6, 6.07) is 12.7. The van der Waals surface area contributed by atoms with Crippen molar-refractivity contribution in [1.29, 1.82) is 0 Å². The van der Waals surface area contributed by atoms with Gasteiger partial charge in [-0.15, -0.1) is 0 Å². The van der Waals surface area contributed by atoms with Gasteiger partial charge < -0.3 is 19.5 Å². The molecule has 2 amide bonds. The Bertz CT molecular complexity index is 1070. The van der Waals surface area contributed by atoms with Gasteiger partial charge in [0.15, 0.2) is 22.5 Å². The molecule has 0 spiro atoms. The van der Waals surface area contributed by atoms with Crippen LogP contribution in [0.1, 0.15) is 25.3 Å². The molecule has 0 saturated carbocycles. The molecule has 168 valence electrons. The molecule has 32 heavy (non-hydrogen) atoms. The summed E-state index contributed by atoms with van der Waals surface area (Å²) in [5.74, 6) is 0.0145. The van der Waals surface area contributed by atoms with Crippen molar-refractivity contribution >= 4 is 35.2 Å². The summed E-state index contributed by atoms with van der Waals surface area (Å²) in [6.45, 7) is 1.75. The number of rotatable bonds is 7.